The second-order valence-electron chi connectivity index (χ2n) is 3.70. The Morgan fingerprint density at radius 2 is 1.89 bits per heavy atom. The number of aromatic nitrogens is 3. The van der Waals surface area contributed by atoms with Crippen LogP contribution in [0.1, 0.15) is 5.82 Å². The Labute approximate surface area is 105 Å². The summed E-state index contributed by atoms with van der Waals surface area (Å²) in [5, 5.41) is 14.9. The maximum absolute atomic E-state index is 8.77. The largest absolute Gasteiger partial charge is 0.395 e. The van der Waals surface area contributed by atoms with Crippen LogP contribution in [0.4, 0.5) is 17.3 Å². The van der Waals surface area contributed by atoms with Crippen molar-refractivity contribution in [1.29, 1.82) is 0 Å². The molecule has 0 aliphatic heterocycles. The van der Waals surface area contributed by atoms with E-state index in [0.717, 1.165) is 5.69 Å². The number of rotatable bonds is 5. The van der Waals surface area contributed by atoms with E-state index in [0.29, 0.717) is 24.0 Å². The zero-order valence-electron chi connectivity index (χ0n) is 10.1. The first-order valence-electron chi connectivity index (χ1n) is 5.65. The van der Waals surface area contributed by atoms with Crippen LogP contribution < -0.4 is 10.6 Å². The van der Waals surface area contributed by atoms with Gasteiger partial charge in [0.05, 0.1) is 6.61 Å². The molecule has 0 amide bonds. The van der Waals surface area contributed by atoms with Gasteiger partial charge in [0.1, 0.15) is 17.5 Å². The minimum atomic E-state index is 0.0656. The van der Waals surface area contributed by atoms with Gasteiger partial charge in [0.2, 0.25) is 0 Å². The van der Waals surface area contributed by atoms with Crippen LogP contribution >= 0.6 is 0 Å². The summed E-state index contributed by atoms with van der Waals surface area (Å²) < 4.78 is 0. The number of aliphatic hydroxyl groups excluding tert-OH is 1. The highest BCUT2D eigenvalue weighted by Gasteiger charge is 2.01. The van der Waals surface area contributed by atoms with E-state index in [-0.39, 0.29) is 6.61 Å². The molecule has 0 aliphatic carbocycles. The van der Waals surface area contributed by atoms with Crippen LogP contribution in [0.25, 0.3) is 0 Å². The summed E-state index contributed by atoms with van der Waals surface area (Å²) in [4.78, 5) is 12.5. The summed E-state index contributed by atoms with van der Waals surface area (Å²) >= 11 is 0. The van der Waals surface area contributed by atoms with Crippen LogP contribution in [0, 0.1) is 6.92 Å². The number of nitrogens with zero attached hydrogens (tertiary/aromatic N) is 3. The van der Waals surface area contributed by atoms with Crippen LogP contribution in [0.3, 0.4) is 0 Å². The maximum atomic E-state index is 8.77. The molecule has 2 rings (SSSR count). The number of anilines is 3. The van der Waals surface area contributed by atoms with E-state index in [1.165, 1.54) is 0 Å². The number of pyridine rings is 1. The van der Waals surface area contributed by atoms with E-state index in [9.17, 15) is 0 Å². The van der Waals surface area contributed by atoms with E-state index < -0.39 is 0 Å². The lowest BCUT2D eigenvalue weighted by Crippen LogP contribution is -2.08. The molecular formula is C12H15N5O. The van der Waals surface area contributed by atoms with E-state index in [1.54, 1.807) is 18.5 Å². The molecule has 0 spiro atoms. The van der Waals surface area contributed by atoms with Gasteiger partial charge in [-0.2, -0.15) is 0 Å². The smallest absolute Gasteiger partial charge is 0.136 e. The first-order chi connectivity index (χ1) is 8.78. The second kappa shape index (κ2) is 5.92. The third kappa shape index (κ3) is 3.39. The van der Waals surface area contributed by atoms with Crippen molar-refractivity contribution < 1.29 is 5.11 Å². The minimum absolute atomic E-state index is 0.0656. The molecule has 0 aliphatic rings. The van der Waals surface area contributed by atoms with Gasteiger partial charge in [-0.15, -0.1) is 0 Å². The zero-order chi connectivity index (χ0) is 12.8. The molecule has 2 aromatic rings. The van der Waals surface area contributed by atoms with Gasteiger partial charge in [-0.25, -0.2) is 9.97 Å². The van der Waals surface area contributed by atoms with E-state index in [1.807, 2.05) is 19.1 Å². The van der Waals surface area contributed by atoms with Crippen molar-refractivity contribution in [1.82, 2.24) is 15.0 Å². The number of nitrogens with one attached hydrogen (secondary N) is 2. The molecule has 0 bridgehead atoms. The lowest BCUT2D eigenvalue weighted by Gasteiger charge is -2.09. The Hall–Kier alpha value is -2.21. The molecule has 0 fully saturated rings. The molecule has 3 N–H and O–H groups in total. The van der Waals surface area contributed by atoms with Gasteiger partial charge in [0.15, 0.2) is 0 Å². The highest BCUT2D eigenvalue weighted by Crippen LogP contribution is 2.16. The van der Waals surface area contributed by atoms with E-state index in [4.69, 9.17) is 5.11 Å². The van der Waals surface area contributed by atoms with Crippen LogP contribution in [0.5, 0.6) is 0 Å². The van der Waals surface area contributed by atoms with Crippen molar-refractivity contribution in [2.24, 2.45) is 0 Å². The quantitative estimate of drug-likeness (QED) is 0.737. The van der Waals surface area contributed by atoms with Crippen molar-refractivity contribution in [3.8, 4) is 0 Å². The molecule has 0 aromatic carbocycles. The van der Waals surface area contributed by atoms with Gasteiger partial charge < -0.3 is 15.7 Å². The Kier molecular flexibility index (Phi) is 4.03. The third-order valence-electron chi connectivity index (χ3n) is 2.21. The number of hydrogen-bond acceptors (Lipinski definition) is 6. The maximum Gasteiger partial charge on any atom is 0.136 e. The first-order valence-corrected chi connectivity index (χ1v) is 5.65. The van der Waals surface area contributed by atoms with Crippen molar-refractivity contribution in [2.75, 3.05) is 23.8 Å². The molecule has 6 heteroatoms. The van der Waals surface area contributed by atoms with Crippen molar-refractivity contribution in [3.05, 3.63) is 36.4 Å². The average molecular weight is 245 g/mol. The Bertz CT molecular complexity index is 503. The fraction of sp³-hybridized carbons (Fsp3) is 0.250. The summed E-state index contributed by atoms with van der Waals surface area (Å²) in [6.45, 7) is 2.35. The molecule has 0 radical (unpaired) electrons. The van der Waals surface area contributed by atoms with Gasteiger partial charge in [0.25, 0.3) is 0 Å². The molecular weight excluding hydrogens is 230 g/mol. The highest BCUT2D eigenvalue weighted by molar-refractivity contribution is 5.58. The summed E-state index contributed by atoms with van der Waals surface area (Å²) in [6, 6.07) is 5.51. The Morgan fingerprint density at radius 3 is 2.61 bits per heavy atom. The van der Waals surface area contributed by atoms with Crippen molar-refractivity contribution >= 4 is 17.3 Å². The second-order valence-corrected chi connectivity index (χ2v) is 3.70. The van der Waals surface area contributed by atoms with E-state index in [2.05, 4.69) is 25.6 Å². The van der Waals surface area contributed by atoms with Crippen LogP contribution in [-0.4, -0.2) is 33.2 Å². The molecule has 6 nitrogen and oxygen atoms in total. The van der Waals surface area contributed by atoms with E-state index >= 15 is 0 Å². The zero-order valence-corrected chi connectivity index (χ0v) is 10.1. The molecule has 0 unspecified atom stereocenters. The van der Waals surface area contributed by atoms with Gasteiger partial charge in [-0.1, -0.05) is 0 Å². The highest BCUT2D eigenvalue weighted by atomic mass is 16.3. The van der Waals surface area contributed by atoms with Gasteiger partial charge in [0, 0.05) is 30.7 Å². The number of aryl methyl sites for hydroxylation is 1. The molecule has 2 heterocycles. The predicted octanol–water partition coefficient (Wildman–Crippen LogP) is 1.33. The van der Waals surface area contributed by atoms with Crippen LogP contribution in [0.15, 0.2) is 30.6 Å². The molecule has 2 aromatic heterocycles. The van der Waals surface area contributed by atoms with Crippen LogP contribution in [-0.2, 0) is 0 Å². The number of hydrogen-bond donors (Lipinski definition) is 3. The lowest BCUT2D eigenvalue weighted by molar-refractivity contribution is 0.311. The SMILES string of the molecule is Cc1nc(NCCO)cc(Nc2ccncc2)n1. The van der Waals surface area contributed by atoms with Gasteiger partial charge >= 0.3 is 0 Å². The monoisotopic (exact) mass is 245 g/mol. The third-order valence-corrected chi connectivity index (χ3v) is 2.21. The Balaban J connectivity index is 2.15. The molecule has 0 saturated carbocycles. The van der Waals surface area contributed by atoms with Gasteiger partial charge in [-0.05, 0) is 19.1 Å². The van der Waals surface area contributed by atoms with Crippen molar-refractivity contribution in [2.45, 2.75) is 6.92 Å². The minimum Gasteiger partial charge on any atom is -0.395 e. The molecule has 94 valence electrons. The van der Waals surface area contributed by atoms with Crippen molar-refractivity contribution in [3.63, 3.8) is 0 Å². The lowest BCUT2D eigenvalue weighted by atomic mass is 10.4. The summed E-state index contributed by atoms with van der Waals surface area (Å²) in [7, 11) is 0. The average Bonchev–Trinajstić information content (AvgIpc) is 2.37. The summed E-state index contributed by atoms with van der Waals surface area (Å²) in [5.74, 6) is 2.05. The molecule has 18 heavy (non-hydrogen) atoms. The standard InChI is InChI=1S/C12H15N5O/c1-9-15-11(14-6-7-18)8-12(16-9)17-10-2-4-13-5-3-10/h2-5,8,18H,6-7H2,1H3,(H2,13,14,15,16,17). The van der Waals surface area contributed by atoms with Gasteiger partial charge in [-0.3, -0.25) is 4.98 Å². The Morgan fingerprint density at radius 1 is 1.17 bits per heavy atom. The molecule has 0 saturated heterocycles. The fourth-order valence-corrected chi connectivity index (χ4v) is 1.49. The first kappa shape index (κ1) is 12.3. The summed E-state index contributed by atoms with van der Waals surface area (Å²) in [5.41, 5.74) is 0.913. The van der Waals surface area contributed by atoms with Crippen LogP contribution in [0.2, 0.25) is 0 Å². The normalized spacial score (nSPS) is 10.1. The predicted molar refractivity (Wildman–Crippen MR) is 69.9 cm³/mol. The number of aliphatic hydroxyl groups is 1. The topological polar surface area (TPSA) is 83.0 Å². The molecule has 0 atom stereocenters. The summed E-state index contributed by atoms with van der Waals surface area (Å²) in [6.07, 6.45) is 3.42. The fourth-order valence-electron chi connectivity index (χ4n) is 1.49.